The number of hydrogen-bond acceptors (Lipinski definition) is 7. The van der Waals surface area contributed by atoms with E-state index in [1.807, 2.05) is 12.1 Å². The molecule has 0 radical (unpaired) electrons. The first-order valence-corrected chi connectivity index (χ1v) is 24.5. The van der Waals surface area contributed by atoms with Gasteiger partial charge in [0.2, 0.25) is 5.69 Å². The van der Waals surface area contributed by atoms with E-state index < -0.39 is 31.1 Å². The molecule has 8 nitrogen and oxygen atoms in total. The Morgan fingerprint density at radius 2 is 1.42 bits per heavy atom. The average Bonchev–Trinajstić information content (AvgIpc) is 3.94. The third-order valence-corrected chi connectivity index (χ3v) is 15.2. The number of thiophene rings is 2. The second-order valence-corrected chi connectivity index (χ2v) is 21.3. The molecule has 0 unspecified atom stereocenters. The van der Waals surface area contributed by atoms with Gasteiger partial charge in [0.05, 0.1) is 16.9 Å². The van der Waals surface area contributed by atoms with Crippen molar-refractivity contribution in [1.29, 1.82) is 0 Å². The molecule has 4 aromatic rings. The third kappa shape index (κ3) is 8.88. The van der Waals surface area contributed by atoms with Gasteiger partial charge in [0.25, 0.3) is 20.2 Å². The molecular formula is C44H48ClN2O6S4+. The fraction of sp³-hybridized carbons (Fsp3) is 0.341. The van der Waals surface area contributed by atoms with Gasteiger partial charge >= 0.3 is 0 Å². The van der Waals surface area contributed by atoms with Crippen molar-refractivity contribution in [1.82, 2.24) is 0 Å². The number of nitrogens with zero attached hydrogens (tertiary/aromatic N) is 2. The van der Waals surface area contributed by atoms with Crippen molar-refractivity contribution in [3.8, 4) is 20.9 Å². The third-order valence-electron chi connectivity index (χ3n) is 11.3. The first-order chi connectivity index (χ1) is 26.9. The summed E-state index contributed by atoms with van der Waals surface area (Å²) in [6.07, 6.45) is 11.5. The van der Waals surface area contributed by atoms with Crippen LogP contribution in [0.1, 0.15) is 70.9 Å². The summed E-state index contributed by atoms with van der Waals surface area (Å²) in [6, 6.07) is 21.2. The predicted molar refractivity (Wildman–Crippen MR) is 237 cm³/mol. The summed E-state index contributed by atoms with van der Waals surface area (Å²) in [4.78, 5) is 4.53. The zero-order chi connectivity index (χ0) is 40.8. The van der Waals surface area contributed by atoms with Gasteiger partial charge in [0.15, 0.2) is 5.71 Å². The zero-order valence-electron chi connectivity index (χ0n) is 32.5. The fourth-order valence-electron chi connectivity index (χ4n) is 8.40. The maximum absolute atomic E-state index is 11.7. The minimum Gasteiger partial charge on any atom is -0.344 e. The summed E-state index contributed by atoms with van der Waals surface area (Å²) >= 11 is 10.6. The standard InChI is InChI=1S/C44H47ClN2O6S4/c1-43(2)34-28-32(38-12-6-24-54-38)14-18-36(34)46(22-8-26-56(48,49)50)40(43)20-16-30-10-5-11-31(42(30)45)17-21-41-44(3,4)35-29-33(39-13-7-25-55-39)15-19-37(35)47(41)23-9-27-57(51,52)53/h6-7,12-21,24-25,28-29H,5,8-11,22-23,26-27H2,1-4H3,(H-,48,49,50,51,52,53)/p+1. The summed E-state index contributed by atoms with van der Waals surface area (Å²) < 4.78 is 67.9. The van der Waals surface area contributed by atoms with Crippen molar-refractivity contribution < 1.29 is 30.5 Å². The van der Waals surface area contributed by atoms with Crippen molar-refractivity contribution in [2.24, 2.45) is 0 Å². The smallest absolute Gasteiger partial charge is 0.265 e. The lowest BCUT2D eigenvalue weighted by molar-refractivity contribution is -0.437. The molecule has 2 aromatic heterocycles. The van der Waals surface area contributed by atoms with Gasteiger partial charge < -0.3 is 4.90 Å². The van der Waals surface area contributed by atoms with Crippen LogP contribution in [0.4, 0.5) is 11.4 Å². The molecule has 1 aliphatic carbocycles. The number of hydrogen-bond donors (Lipinski definition) is 2. The number of fused-ring (bicyclic) bond motifs is 2. The van der Waals surface area contributed by atoms with Crippen LogP contribution in [0.5, 0.6) is 0 Å². The number of halogens is 1. The molecule has 57 heavy (non-hydrogen) atoms. The van der Waals surface area contributed by atoms with Gasteiger partial charge in [-0.2, -0.15) is 21.4 Å². The maximum Gasteiger partial charge on any atom is 0.265 e. The quantitative estimate of drug-likeness (QED) is 0.102. The second kappa shape index (κ2) is 16.2. The predicted octanol–water partition coefficient (Wildman–Crippen LogP) is 10.9. The van der Waals surface area contributed by atoms with E-state index in [1.54, 1.807) is 22.7 Å². The normalized spacial score (nSPS) is 19.4. The molecule has 0 saturated carbocycles. The van der Waals surface area contributed by atoms with E-state index in [4.69, 9.17) is 11.6 Å². The number of allylic oxidation sites excluding steroid dienone is 8. The fourth-order valence-corrected chi connectivity index (χ4v) is 11.2. The summed E-state index contributed by atoms with van der Waals surface area (Å²) in [5, 5.41) is 4.83. The largest absolute Gasteiger partial charge is 0.344 e. The van der Waals surface area contributed by atoms with Crippen LogP contribution in [0.3, 0.4) is 0 Å². The number of anilines is 1. The van der Waals surface area contributed by atoms with Gasteiger partial charge in [0, 0.05) is 62.3 Å². The van der Waals surface area contributed by atoms with Gasteiger partial charge in [0.1, 0.15) is 6.54 Å². The molecule has 2 aromatic carbocycles. The Hall–Kier alpha value is -3.62. The van der Waals surface area contributed by atoms with E-state index in [0.717, 1.165) is 75.4 Å². The average molecular weight is 865 g/mol. The Morgan fingerprint density at radius 1 is 0.789 bits per heavy atom. The Bertz CT molecular complexity index is 2560. The van der Waals surface area contributed by atoms with Crippen molar-refractivity contribution in [3.05, 3.63) is 129 Å². The van der Waals surface area contributed by atoms with Crippen molar-refractivity contribution in [3.63, 3.8) is 0 Å². The van der Waals surface area contributed by atoms with E-state index in [2.05, 4.69) is 121 Å². The van der Waals surface area contributed by atoms with Crippen LogP contribution in [-0.2, 0) is 31.1 Å². The molecular weight excluding hydrogens is 816 g/mol. The van der Waals surface area contributed by atoms with Crippen LogP contribution in [0.25, 0.3) is 20.9 Å². The summed E-state index contributed by atoms with van der Waals surface area (Å²) in [6.45, 7) is 9.60. The summed E-state index contributed by atoms with van der Waals surface area (Å²) in [5.41, 5.74) is 9.92. The lowest BCUT2D eigenvalue weighted by Crippen LogP contribution is -2.28. The second-order valence-electron chi connectivity index (χ2n) is 15.9. The highest BCUT2D eigenvalue weighted by Gasteiger charge is 2.45. The lowest BCUT2D eigenvalue weighted by atomic mass is 9.80. The first kappa shape index (κ1) is 41.5. The van der Waals surface area contributed by atoms with Crippen LogP contribution >= 0.6 is 34.3 Å². The van der Waals surface area contributed by atoms with Crippen molar-refractivity contribution in [2.75, 3.05) is 29.5 Å². The summed E-state index contributed by atoms with van der Waals surface area (Å²) in [5.74, 6) is -0.639. The number of rotatable bonds is 13. The van der Waals surface area contributed by atoms with Crippen LogP contribution in [-0.4, -0.2) is 60.8 Å². The van der Waals surface area contributed by atoms with Crippen LogP contribution < -0.4 is 4.90 Å². The van der Waals surface area contributed by atoms with Crippen molar-refractivity contribution in [2.45, 2.75) is 70.6 Å². The molecule has 0 bridgehead atoms. The van der Waals surface area contributed by atoms with Gasteiger partial charge in [-0.25, -0.2) is 0 Å². The Kier molecular flexibility index (Phi) is 11.8. The first-order valence-electron chi connectivity index (χ1n) is 19.1. The van der Waals surface area contributed by atoms with Gasteiger partial charge in [-0.15, -0.1) is 22.7 Å². The molecule has 7 rings (SSSR count). The minimum atomic E-state index is -4.10. The van der Waals surface area contributed by atoms with Crippen molar-refractivity contribution >= 4 is 71.6 Å². The molecule has 0 amide bonds. The monoisotopic (exact) mass is 863 g/mol. The summed E-state index contributed by atoms with van der Waals surface area (Å²) in [7, 11) is -8.21. The van der Waals surface area contributed by atoms with E-state index in [-0.39, 0.29) is 24.3 Å². The molecule has 2 N–H and O–H groups in total. The molecule has 2 aliphatic heterocycles. The van der Waals surface area contributed by atoms with Gasteiger partial charge in [-0.05, 0) is 121 Å². The molecule has 0 fully saturated rings. The van der Waals surface area contributed by atoms with Crippen LogP contribution in [0.2, 0.25) is 0 Å². The molecule has 0 saturated heterocycles. The highest BCUT2D eigenvalue weighted by atomic mass is 35.5. The zero-order valence-corrected chi connectivity index (χ0v) is 36.6. The number of benzene rings is 2. The van der Waals surface area contributed by atoms with E-state index in [1.165, 1.54) is 9.75 Å². The van der Waals surface area contributed by atoms with Gasteiger partial charge in [-0.1, -0.05) is 55.8 Å². The van der Waals surface area contributed by atoms with Crippen LogP contribution in [0.15, 0.2) is 118 Å². The SMILES string of the molecule is CC1(C)C(/C=C/C2=C(Cl)C(=C/C=C3/N(CCCS(=O)(=O)O)c4ccc(-c5cccs5)cc4C3(C)C)/CCC2)=[N+](CCCS(=O)(=O)O)c2ccc(-c3cccs3)cc21. The van der Waals surface area contributed by atoms with Crippen LogP contribution in [0, 0.1) is 0 Å². The van der Waals surface area contributed by atoms with E-state index >= 15 is 0 Å². The maximum atomic E-state index is 11.7. The lowest BCUT2D eigenvalue weighted by Gasteiger charge is -2.27. The molecule has 0 spiro atoms. The molecule has 3 aliphatic rings. The Morgan fingerprint density at radius 3 is 2.05 bits per heavy atom. The highest BCUT2D eigenvalue weighted by Crippen LogP contribution is 2.50. The highest BCUT2D eigenvalue weighted by molar-refractivity contribution is 7.86. The molecule has 4 heterocycles. The Balaban J connectivity index is 1.23. The van der Waals surface area contributed by atoms with E-state index in [0.29, 0.717) is 18.1 Å². The minimum absolute atomic E-state index is 0.270. The van der Waals surface area contributed by atoms with E-state index in [9.17, 15) is 25.9 Å². The Labute approximate surface area is 349 Å². The molecule has 300 valence electrons. The van der Waals surface area contributed by atoms with Gasteiger partial charge in [-0.3, -0.25) is 9.11 Å². The molecule has 13 heteroatoms. The topological polar surface area (TPSA) is 115 Å². The molecule has 0 atom stereocenters.